The summed E-state index contributed by atoms with van der Waals surface area (Å²) in [5.74, 6) is 0. The van der Waals surface area contributed by atoms with Crippen LogP contribution in [0, 0.1) is 0 Å². The molecule has 0 saturated carbocycles. The van der Waals surface area contributed by atoms with Crippen LogP contribution in [-0.2, 0) is 9.47 Å². The zero-order valence-electron chi connectivity index (χ0n) is 5.05. The Morgan fingerprint density at radius 3 is 2.56 bits per heavy atom. The molecule has 1 heterocycles. The summed E-state index contributed by atoms with van der Waals surface area (Å²) in [7, 11) is 0. The van der Waals surface area contributed by atoms with Crippen molar-refractivity contribution in [3.63, 3.8) is 0 Å². The Hall–Kier alpha value is -0.410. The lowest BCUT2D eigenvalue weighted by atomic mass is 10.4. The molecule has 2 nitrogen and oxygen atoms in total. The second kappa shape index (κ2) is 2.94. The van der Waals surface area contributed by atoms with Gasteiger partial charge in [0.15, 0.2) is 12.5 Å². The highest BCUT2D eigenvalue weighted by atomic mass is 19.1. The van der Waals surface area contributed by atoms with Gasteiger partial charge in [-0.2, -0.15) is 0 Å². The Balaban J connectivity index is 2.32. The Labute approximate surface area is 53.3 Å². The maximum Gasteiger partial charge on any atom is 0.192 e. The maximum absolute atomic E-state index is 12.5. The van der Waals surface area contributed by atoms with E-state index in [-0.39, 0.29) is 0 Å². The van der Waals surface area contributed by atoms with Crippen molar-refractivity contribution in [3.8, 4) is 0 Å². The summed E-state index contributed by atoms with van der Waals surface area (Å²) in [6.07, 6.45) is -0.717. The first kappa shape index (κ1) is 6.71. The molecule has 1 aliphatic rings. The van der Waals surface area contributed by atoms with Crippen molar-refractivity contribution >= 4 is 0 Å². The largest absolute Gasteiger partial charge is 0.347 e. The van der Waals surface area contributed by atoms with E-state index in [0.29, 0.717) is 13.2 Å². The van der Waals surface area contributed by atoms with E-state index in [4.69, 9.17) is 9.47 Å². The molecule has 52 valence electrons. The molecule has 9 heavy (non-hydrogen) atoms. The van der Waals surface area contributed by atoms with E-state index >= 15 is 0 Å². The highest BCUT2D eigenvalue weighted by molar-refractivity contribution is 4.82. The third-order valence-corrected chi connectivity index (χ3v) is 1.13. The van der Waals surface area contributed by atoms with Gasteiger partial charge in [-0.15, -0.1) is 6.58 Å². The third-order valence-electron chi connectivity index (χ3n) is 1.13. The van der Waals surface area contributed by atoms with Crippen LogP contribution >= 0.6 is 0 Å². The number of alkyl halides is 1. The molecule has 0 aromatic heterocycles. The summed E-state index contributed by atoms with van der Waals surface area (Å²) in [4.78, 5) is 0. The van der Waals surface area contributed by atoms with Gasteiger partial charge in [0.25, 0.3) is 0 Å². The van der Waals surface area contributed by atoms with Crippen molar-refractivity contribution in [2.75, 3.05) is 13.2 Å². The number of halogens is 1. The van der Waals surface area contributed by atoms with Crippen molar-refractivity contribution in [1.82, 2.24) is 0 Å². The molecule has 0 aromatic rings. The SMILES string of the molecule is C=CC(F)C1OCCO1. The molecular formula is C6H9FO2. The van der Waals surface area contributed by atoms with Crippen LogP contribution in [0.5, 0.6) is 0 Å². The van der Waals surface area contributed by atoms with Crippen LogP contribution in [0.15, 0.2) is 12.7 Å². The molecule has 1 rings (SSSR count). The minimum atomic E-state index is -1.19. The lowest BCUT2D eigenvalue weighted by molar-refractivity contribution is -0.0783. The van der Waals surface area contributed by atoms with Gasteiger partial charge in [0.05, 0.1) is 13.2 Å². The van der Waals surface area contributed by atoms with E-state index in [9.17, 15) is 4.39 Å². The van der Waals surface area contributed by atoms with Crippen molar-refractivity contribution < 1.29 is 13.9 Å². The van der Waals surface area contributed by atoms with Crippen molar-refractivity contribution in [2.45, 2.75) is 12.5 Å². The number of hydrogen-bond donors (Lipinski definition) is 0. The van der Waals surface area contributed by atoms with Crippen LogP contribution in [0.2, 0.25) is 0 Å². The van der Waals surface area contributed by atoms with Crippen LogP contribution in [0.25, 0.3) is 0 Å². The predicted octanol–water partition coefficient (Wildman–Crippen LogP) is 0.883. The number of rotatable bonds is 2. The zero-order valence-corrected chi connectivity index (χ0v) is 5.05. The van der Waals surface area contributed by atoms with Crippen LogP contribution in [0.3, 0.4) is 0 Å². The van der Waals surface area contributed by atoms with Crippen LogP contribution in [0.1, 0.15) is 0 Å². The fourth-order valence-electron chi connectivity index (χ4n) is 0.672. The molecule has 0 N–H and O–H groups in total. The smallest absolute Gasteiger partial charge is 0.192 e. The predicted molar refractivity (Wildman–Crippen MR) is 30.8 cm³/mol. The zero-order chi connectivity index (χ0) is 6.69. The second-order valence-corrected chi connectivity index (χ2v) is 1.79. The fraction of sp³-hybridized carbons (Fsp3) is 0.667. The highest BCUT2D eigenvalue weighted by Crippen LogP contribution is 2.11. The molecule has 1 aliphatic heterocycles. The van der Waals surface area contributed by atoms with Gasteiger partial charge < -0.3 is 9.47 Å². The third kappa shape index (κ3) is 1.50. The molecule has 1 saturated heterocycles. The number of ether oxygens (including phenoxy) is 2. The average molecular weight is 132 g/mol. The van der Waals surface area contributed by atoms with Gasteiger partial charge in [-0.3, -0.25) is 0 Å². The molecular weight excluding hydrogens is 123 g/mol. The molecule has 0 amide bonds. The molecule has 0 spiro atoms. The lowest BCUT2D eigenvalue weighted by Crippen LogP contribution is -2.20. The molecule has 0 bridgehead atoms. The first-order chi connectivity index (χ1) is 4.34. The van der Waals surface area contributed by atoms with E-state index in [0.717, 1.165) is 0 Å². The maximum atomic E-state index is 12.5. The van der Waals surface area contributed by atoms with E-state index in [2.05, 4.69) is 6.58 Å². The van der Waals surface area contributed by atoms with Crippen LogP contribution in [0.4, 0.5) is 4.39 Å². The quantitative estimate of drug-likeness (QED) is 0.519. The second-order valence-electron chi connectivity index (χ2n) is 1.79. The number of hydrogen-bond acceptors (Lipinski definition) is 2. The standard InChI is InChI=1S/C6H9FO2/c1-2-5(7)6-8-3-4-9-6/h2,5-6H,1,3-4H2. The molecule has 1 atom stereocenters. The van der Waals surface area contributed by atoms with E-state index < -0.39 is 12.5 Å². The normalized spacial score (nSPS) is 24.1. The van der Waals surface area contributed by atoms with Gasteiger partial charge in [0.2, 0.25) is 0 Å². The minimum absolute atomic E-state index is 0.485. The van der Waals surface area contributed by atoms with Gasteiger partial charge in [-0.1, -0.05) is 6.08 Å². The van der Waals surface area contributed by atoms with Crippen LogP contribution in [-0.4, -0.2) is 25.7 Å². The van der Waals surface area contributed by atoms with E-state index in [1.165, 1.54) is 6.08 Å². The molecule has 3 heteroatoms. The Morgan fingerprint density at radius 1 is 1.56 bits per heavy atom. The highest BCUT2D eigenvalue weighted by Gasteiger charge is 2.23. The molecule has 1 fully saturated rings. The van der Waals surface area contributed by atoms with E-state index in [1.54, 1.807) is 0 Å². The summed E-state index contributed by atoms with van der Waals surface area (Å²) in [6.45, 7) is 4.24. The first-order valence-electron chi connectivity index (χ1n) is 2.84. The summed E-state index contributed by atoms with van der Waals surface area (Å²) in [5, 5.41) is 0. The van der Waals surface area contributed by atoms with Crippen molar-refractivity contribution in [1.29, 1.82) is 0 Å². The van der Waals surface area contributed by atoms with Crippen molar-refractivity contribution in [2.24, 2.45) is 0 Å². The first-order valence-corrected chi connectivity index (χ1v) is 2.84. The summed E-state index contributed by atoms with van der Waals surface area (Å²) in [6, 6.07) is 0. The van der Waals surface area contributed by atoms with Gasteiger partial charge in [0.1, 0.15) is 0 Å². The summed E-state index contributed by atoms with van der Waals surface area (Å²) in [5.41, 5.74) is 0. The van der Waals surface area contributed by atoms with Gasteiger partial charge >= 0.3 is 0 Å². The van der Waals surface area contributed by atoms with E-state index in [1.807, 2.05) is 0 Å². The monoisotopic (exact) mass is 132 g/mol. The fourth-order valence-corrected chi connectivity index (χ4v) is 0.672. The Kier molecular flexibility index (Phi) is 2.19. The Morgan fingerprint density at radius 2 is 2.11 bits per heavy atom. The summed E-state index contributed by atoms with van der Waals surface area (Å²) >= 11 is 0. The van der Waals surface area contributed by atoms with Crippen molar-refractivity contribution in [3.05, 3.63) is 12.7 Å². The average Bonchev–Trinajstić information content (AvgIpc) is 2.37. The topological polar surface area (TPSA) is 18.5 Å². The minimum Gasteiger partial charge on any atom is -0.347 e. The molecule has 0 aromatic carbocycles. The van der Waals surface area contributed by atoms with Gasteiger partial charge in [0, 0.05) is 0 Å². The molecule has 0 radical (unpaired) electrons. The van der Waals surface area contributed by atoms with Crippen LogP contribution < -0.4 is 0 Å². The molecule has 0 aliphatic carbocycles. The summed E-state index contributed by atoms with van der Waals surface area (Å²) < 4.78 is 22.1. The van der Waals surface area contributed by atoms with Gasteiger partial charge in [-0.05, 0) is 0 Å². The molecule has 1 unspecified atom stereocenters. The lowest BCUT2D eigenvalue weighted by Gasteiger charge is -2.08. The van der Waals surface area contributed by atoms with Gasteiger partial charge in [-0.25, -0.2) is 4.39 Å². The Bertz CT molecular complexity index is 99.2.